The maximum absolute atomic E-state index is 12.7. The maximum Gasteiger partial charge on any atom is 0.238 e. The van der Waals surface area contributed by atoms with Crippen molar-refractivity contribution in [2.24, 2.45) is 5.92 Å². The number of ether oxygens (including phenoxy) is 1. The molecule has 2 heterocycles. The third-order valence-electron chi connectivity index (χ3n) is 5.32. The van der Waals surface area contributed by atoms with Gasteiger partial charge < -0.3 is 15.4 Å². The second kappa shape index (κ2) is 9.63. The summed E-state index contributed by atoms with van der Waals surface area (Å²) in [6.07, 6.45) is 4.35. The number of hydrogen-bond acceptors (Lipinski definition) is 6. The van der Waals surface area contributed by atoms with E-state index in [9.17, 15) is 10.1 Å². The Morgan fingerprint density at radius 1 is 1.38 bits per heavy atom. The van der Waals surface area contributed by atoms with Gasteiger partial charge in [-0.05, 0) is 43.4 Å². The van der Waals surface area contributed by atoms with E-state index in [4.69, 9.17) is 4.74 Å². The van der Waals surface area contributed by atoms with E-state index in [-0.39, 0.29) is 17.9 Å². The van der Waals surface area contributed by atoms with Gasteiger partial charge in [-0.2, -0.15) is 5.26 Å². The van der Waals surface area contributed by atoms with E-state index < -0.39 is 6.04 Å². The van der Waals surface area contributed by atoms with E-state index in [2.05, 4.69) is 40.9 Å². The number of rotatable bonds is 7. The predicted molar refractivity (Wildman–Crippen MR) is 108 cm³/mol. The smallest absolute Gasteiger partial charge is 0.238 e. The molecular weight excluding hydrogens is 368 g/mol. The number of nitriles is 1. The third-order valence-corrected chi connectivity index (χ3v) is 5.32. The lowest BCUT2D eigenvalue weighted by molar-refractivity contribution is -0.125. The van der Waals surface area contributed by atoms with Crippen LogP contribution in [-0.2, 0) is 22.6 Å². The molecule has 2 aromatic rings. The lowest BCUT2D eigenvalue weighted by Crippen LogP contribution is -2.55. The van der Waals surface area contributed by atoms with Crippen molar-refractivity contribution in [2.75, 3.05) is 7.11 Å². The van der Waals surface area contributed by atoms with E-state index in [1.54, 1.807) is 11.8 Å². The van der Waals surface area contributed by atoms with Gasteiger partial charge >= 0.3 is 0 Å². The van der Waals surface area contributed by atoms with Crippen molar-refractivity contribution >= 4 is 5.91 Å². The molecule has 1 fully saturated rings. The molecule has 1 saturated heterocycles. The first-order valence-electron chi connectivity index (χ1n) is 9.95. The topological polar surface area (TPSA) is 105 Å². The maximum atomic E-state index is 12.7. The lowest BCUT2D eigenvalue weighted by atomic mass is 9.88. The number of carbonyl (C=O) groups is 1. The van der Waals surface area contributed by atoms with Gasteiger partial charge in [0.25, 0.3) is 0 Å². The molecule has 3 rings (SSSR count). The van der Waals surface area contributed by atoms with Gasteiger partial charge in [-0.1, -0.05) is 24.3 Å². The molecule has 0 spiro atoms. The fourth-order valence-corrected chi connectivity index (χ4v) is 3.62. The molecule has 0 radical (unpaired) electrons. The second-order valence-electron chi connectivity index (χ2n) is 7.75. The van der Waals surface area contributed by atoms with Crippen LogP contribution in [-0.4, -0.2) is 46.1 Å². The van der Waals surface area contributed by atoms with E-state index in [0.717, 1.165) is 29.8 Å². The molecule has 1 amide bonds. The summed E-state index contributed by atoms with van der Waals surface area (Å²) in [7, 11) is 1.61. The summed E-state index contributed by atoms with van der Waals surface area (Å²) in [5.74, 6) is 0.163. The van der Waals surface area contributed by atoms with Crippen LogP contribution in [0.25, 0.3) is 5.69 Å². The number of methoxy groups -OCH3 is 1. The molecular formula is C21H28N6O2. The summed E-state index contributed by atoms with van der Waals surface area (Å²) >= 11 is 0. The molecule has 0 aliphatic carbocycles. The monoisotopic (exact) mass is 396 g/mol. The molecule has 29 heavy (non-hydrogen) atoms. The fourth-order valence-electron chi connectivity index (χ4n) is 3.62. The Morgan fingerprint density at radius 3 is 2.83 bits per heavy atom. The fraction of sp³-hybridized carbons (Fsp3) is 0.524. The van der Waals surface area contributed by atoms with E-state index in [0.29, 0.717) is 19.1 Å². The van der Waals surface area contributed by atoms with Crippen molar-refractivity contribution in [1.29, 1.82) is 5.26 Å². The van der Waals surface area contributed by atoms with Crippen LogP contribution in [0.4, 0.5) is 0 Å². The molecule has 8 heteroatoms. The number of amides is 1. The number of nitrogens with one attached hydrogen (secondary N) is 2. The number of piperidine rings is 1. The highest BCUT2D eigenvalue weighted by Gasteiger charge is 2.31. The van der Waals surface area contributed by atoms with Crippen molar-refractivity contribution in [3.63, 3.8) is 0 Å². The largest absolute Gasteiger partial charge is 0.378 e. The average molecular weight is 396 g/mol. The highest BCUT2D eigenvalue weighted by atomic mass is 16.5. The third kappa shape index (κ3) is 5.40. The summed E-state index contributed by atoms with van der Waals surface area (Å²) in [5, 5.41) is 23.9. The first kappa shape index (κ1) is 21.0. The normalized spacial score (nSPS) is 22.6. The van der Waals surface area contributed by atoms with E-state index >= 15 is 0 Å². The standard InChI is InChI=1S/C21H28N6O2/c1-14-4-5-15(2)23-20(14)21(28)24-17(11-22)10-16-6-8-19(9-7-16)27-12-18(13-29-3)25-26-27/h6-9,12,14-15,17,20,23H,4-5,10,13H2,1-3H3,(H,24,28)/t14-,15+,17+,20+/m1/s1. The highest BCUT2D eigenvalue weighted by Crippen LogP contribution is 2.19. The van der Waals surface area contributed by atoms with Crippen LogP contribution in [0.3, 0.4) is 0 Å². The van der Waals surface area contributed by atoms with Crippen LogP contribution in [0, 0.1) is 17.2 Å². The Labute approximate surface area is 171 Å². The van der Waals surface area contributed by atoms with Gasteiger partial charge in [-0.3, -0.25) is 4.79 Å². The number of carbonyl (C=O) groups excluding carboxylic acids is 1. The van der Waals surface area contributed by atoms with E-state index in [1.807, 2.05) is 30.5 Å². The summed E-state index contributed by atoms with van der Waals surface area (Å²) in [4.78, 5) is 12.7. The molecule has 8 nitrogen and oxygen atoms in total. The van der Waals surface area contributed by atoms with Crippen LogP contribution in [0.15, 0.2) is 30.5 Å². The minimum Gasteiger partial charge on any atom is -0.378 e. The Hall–Kier alpha value is -2.76. The zero-order valence-electron chi connectivity index (χ0n) is 17.1. The van der Waals surface area contributed by atoms with Crippen LogP contribution >= 0.6 is 0 Å². The Bertz CT molecular complexity index is 857. The molecule has 0 saturated carbocycles. The first-order valence-corrected chi connectivity index (χ1v) is 9.95. The predicted octanol–water partition coefficient (Wildman–Crippen LogP) is 1.74. The summed E-state index contributed by atoms with van der Waals surface area (Å²) in [6, 6.07) is 9.43. The minimum absolute atomic E-state index is 0.0968. The molecule has 4 atom stereocenters. The van der Waals surface area contributed by atoms with Crippen LogP contribution in [0.1, 0.15) is 37.9 Å². The van der Waals surface area contributed by atoms with Crippen LogP contribution < -0.4 is 10.6 Å². The Morgan fingerprint density at radius 2 is 2.14 bits per heavy atom. The molecule has 2 N–H and O–H groups in total. The lowest BCUT2D eigenvalue weighted by Gasteiger charge is -2.33. The zero-order chi connectivity index (χ0) is 20.8. The molecule has 0 unspecified atom stereocenters. The SMILES string of the molecule is COCc1cn(-c2ccc(C[C@@H](C#N)NC(=O)[C@H]3N[C@@H](C)CC[C@H]3C)cc2)nn1. The van der Waals surface area contributed by atoms with Crippen LogP contribution in [0.5, 0.6) is 0 Å². The average Bonchev–Trinajstić information content (AvgIpc) is 3.18. The minimum atomic E-state index is -0.570. The number of aromatic nitrogens is 3. The zero-order valence-corrected chi connectivity index (χ0v) is 17.1. The molecule has 0 bridgehead atoms. The molecule has 154 valence electrons. The summed E-state index contributed by atoms with van der Waals surface area (Å²) in [5.41, 5.74) is 2.59. The highest BCUT2D eigenvalue weighted by molar-refractivity contribution is 5.82. The van der Waals surface area contributed by atoms with Gasteiger partial charge in [0.15, 0.2) is 0 Å². The van der Waals surface area contributed by atoms with E-state index in [1.165, 1.54) is 0 Å². The van der Waals surface area contributed by atoms with Crippen molar-refractivity contribution in [1.82, 2.24) is 25.6 Å². The Kier molecular flexibility index (Phi) is 6.96. The van der Waals surface area contributed by atoms with Crippen molar-refractivity contribution in [2.45, 2.75) is 57.8 Å². The van der Waals surface area contributed by atoms with Crippen molar-refractivity contribution in [3.05, 3.63) is 41.7 Å². The molecule has 1 aliphatic heterocycles. The van der Waals surface area contributed by atoms with Crippen molar-refractivity contribution < 1.29 is 9.53 Å². The molecule has 1 aromatic heterocycles. The number of nitrogens with zero attached hydrogens (tertiary/aromatic N) is 4. The van der Waals surface area contributed by atoms with Gasteiger partial charge in [-0.25, -0.2) is 4.68 Å². The van der Waals surface area contributed by atoms with Gasteiger partial charge in [0.2, 0.25) is 5.91 Å². The van der Waals surface area contributed by atoms with Crippen LogP contribution in [0.2, 0.25) is 0 Å². The van der Waals surface area contributed by atoms with Gasteiger partial charge in [0.05, 0.1) is 30.6 Å². The number of hydrogen-bond donors (Lipinski definition) is 2. The molecule has 1 aromatic carbocycles. The quantitative estimate of drug-likeness (QED) is 0.739. The van der Waals surface area contributed by atoms with Crippen molar-refractivity contribution in [3.8, 4) is 11.8 Å². The second-order valence-corrected chi connectivity index (χ2v) is 7.75. The summed E-state index contributed by atoms with van der Waals surface area (Å²) < 4.78 is 6.73. The van der Waals surface area contributed by atoms with Gasteiger partial charge in [0.1, 0.15) is 11.7 Å². The molecule has 1 aliphatic rings. The summed E-state index contributed by atoms with van der Waals surface area (Å²) in [6.45, 7) is 4.57. The van der Waals surface area contributed by atoms with Gasteiger partial charge in [-0.15, -0.1) is 5.10 Å². The Balaban J connectivity index is 1.60. The first-order chi connectivity index (χ1) is 14.0. The van der Waals surface area contributed by atoms with Gasteiger partial charge in [0, 0.05) is 19.6 Å². The number of benzene rings is 1.